The number of fused-ring (bicyclic) bond motifs is 2. The molecule has 0 aliphatic rings. The SMILES string of the molecule is Brc1ccc(C#Cc2ccc(Br)c3nsnc23)c2nsnc12. The van der Waals surface area contributed by atoms with Gasteiger partial charge in [0.15, 0.2) is 0 Å². The Morgan fingerprint density at radius 3 is 1.50 bits per heavy atom. The van der Waals surface area contributed by atoms with Crippen molar-refractivity contribution in [3.8, 4) is 11.8 Å². The van der Waals surface area contributed by atoms with Gasteiger partial charge in [0.25, 0.3) is 0 Å². The van der Waals surface area contributed by atoms with Crippen LogP contribution in [-0.2, 0) is 0 Å². The number of nitrogens with zero attached hydrogens (tertiary/aromatic N) is 4. The molecule has 8 heteroatoms. The Kier molecular flexibility index (Phi) is 3.66. The Bertz CT molecular complexity index is 991. The third kappa shape index (κ3) is 2.34. The van der Waals surface area contributed by atoms with Crippen molar-refractivity contribution in [1.82, 2.24) is 17.5 Å². The lowest BCUT2D eigenvalue weighted by Gasteiger charge is -1.96. The molecule has 0 radical (unpaired) electrons. The highest BCUT2D eigenvalue weighted by Crippen LogP contribution is 2.26. The van der Waals surface area contributed by atoms with E-state index in [-0.39, 0.29) is 0 Å². The van der Waals surface area contributed by atoms with E-state index in [2.05, 4.69) is 61.2 Å². The number of aromatic nitrogens is 4. The topological polar surface area (TPSA) is 51.6 Å². The molecule has 0 unspecified atom stereocenters. The molecule has 0 saturated heterocycles. The van der Waals surface area contributed by atoms with Gasteiger partial charge >= 0.3 is 0 Å². The molecule has 0 atom stereocenters. The van der Waals surface area contributed by atoms with Crippen LogP contribution in [0.5, 0.6) is 0 Å². The van der Waals surface area contributed by atoms with Crippen molar-refractivity contribution in [1.29, 1.82) is 0 Å². The zero-order chi connectivity index (χ0) is 15.1. The number of rotatable bonds is 0. The van der Waals surface area contributed by atoms with Crippen LogP contribution in [0.4, 0.5) is 0 Å². The minimum absolute atomic E-state index is 0.816. The van der Waals surface area contributed by atoms with Crippen molar-refractivity contribution in [2.45, 2.75) is 0 Å². The first kappa shape index (κ1) is 14.2. The van der Waals surface area contributed by atoms with Gasteiger partial charge in [0, 0.05) is 8.95 Å². The fraction of sp³-hybridized carbons (Fsp3) is 0. The van der Waals surface area contributed by atoms with E-state index < -0.39 is 0 Å². The first-order chi connectivity index (χ1) is 10.7. The quantitative estimate of drug-likeness (QED) is 0.366. The normalized spacial score (nSPS) is 10.8. The van der Waals surface area contributed by atoms with E-state index >= 15 is 0 Å². The highest BCUT2D eigenvalue weighted by Gasteiger charge is 2.09. The van der Waals surface area contributed by atoms with E-state index in [1.54, 1.807) is 0 Å². The molecule has 0 N–H and O–H groups in total. The average Bonchev–Trinajstić information content (AvgIpc) is 3.18. The van der Waals surface area contributed by atoms with Crippen LogP contribution in [0.2, 0.25) is 0 Å². The van der Waals surface area contributed by atoms with Crippen LogP contribution in [0.3, 0.4) is 0 Å². The van der Waals surface area contributed by atoms with Gasteiger partial charge in [-0.3, -0.25) is 0 Å². The highest BCUT2D eigenvalue weighted by molar-refractivity contribution is 9.11. The Morgan fingerprint density at radius 2 is 1.05 bits per heavy atom. The molecule has 4 rings (SSSR count). The molecule has 4 aromatic rings. The average molecular weight is 452 g/mol. The Morgan fingerprint density at radius 1 is 0.636 bits per heavy atom. The van der Waals surface area contributed by atoms with Gasteiger partial charge in [0.05, 0.1) is 34.6 Å². The van der Waals surface area contributed by atoms with E-state index in [1.807, 2.05) is 24.3 Å². The second-order valence-corrected chi connectivity index (χ2v) is 7.13. The number of hydrogen-bond acceptors (Lipinski definition) is 6. The van der Waals surface area contributed by atoms with Gasteiger partial charge in [0.2, 0.25) is 0 Å². The molecule has 2 heterocycles. The summed E-state index contributed by atoms with van der Waals surface area (Å²) in [6.45, 7) is 0. The monoisotopic (exact) mass is 450 g/mol. The molecule has 0 amide bonds. The van der Waals surface area contributed by atoms with Gasteiger partial charge in [0.1, 0.15) is 22.1 Å². The third-order valence-corrected chi connectivity index (χ3v) is 5.40. The van der Waals surface area contributed by atoms with Crippen molar-refractivity contribution < 1.29 is 0 Å². The molecule has 0 aliphatic heterocycles. The molecule has 2 aromatic heterocycles. The Hall–Kier alpha value is -1.40. The Balaban J connectivity index is 1.88. The maximum absolute atomic E-state index is 4.32. The largest absolute Gasteiger partial charge is 0.172 e. The summed E-state index contributed by atoms with van der Waals surface area (Å²) in [4.78, 5) is 0. The first-order valence-electron chi connectivity index (χ1n) is 6.07. The smallest absolute Gasteiger partial charge is 0.121 e. The van der Waals surface area contributed by atoms with Gasteiger partial charge in [-0.1, -0.05) is 11.8 Å². The number of benzene rings is 2. The molecule has 0 aliphatic carbocycles. The molecule has 0 fully saturated rings. The van der Waals surface area contributed by atoms with Gasteiger partial charge < -0.3 is 0 Å². The van der Waals surface area contributed by atoms with E-state index in [4.69, 9.17) is 0 Å². The van der Waals surface area contributed by atoms with Crippen LogP contribution in [0.25, 0.3) is 22.1 Å². The predicted molar refractivity (Wildman–Crippen MR) is 96.2 cm³/mol. The van der Waals surface area contributed by atoms with E-state index in [0.717, 1.165) is 42.1 Å². The van der Waals surface area contributed by atoms with Crippen LogP contribution in [0, 0.1) is 11.8 Å². The second-order valence-electron chi connectivity index (χ2n) is 4.36. The van der Waals surface area contributed by atoms with Crippen LogP contribution in [0.15, 0.2) is 33.2 Å². The van der Waals surface area contributed by atoms with E-state index in [9.17, 15) is 0 Å². The zero-order valence-electron chi connectivity index (χ0n) is 10.7. The number of hydrogen-bond donors (Lipinski definition) is 0. The molecule has 0 spiro atoms. The molecule has 0 bridgehead atoms. The zero-order valence-corrected chi connectivity index (χ0v) is 15.5. The van der Waals surface area contributed by atoms with Gasteiger partial charge in [-0.15, -0.1) is 0 Å². The standard InChI is InChI=1S/C14H4Br2N4S2/c15-9-5-3-7(11-13(9)19-21-17-11)1-2-8-4-6-10(16)14-12(8)18-22-20-14/h3-6H. The Labute approximate surface area is 150 Å². The molecule has 2 aromatic carbocycles. The molecule has 22 heavy (non-hydrogen) atoms. The predicted octanol–water partition coefficient (Wildman–Crippen LogP) is 4.62. The molecular weight excluding hydrogens is 448 g/mol. The van der Waals surface area contributed by atoms with Gasteiger partial charge in [-0.25, -0.2) is 0 Å². The van der Waals surface area contributed by atoms with Gasteiger partial charge in [-0.2, -0.15) is 17.5 Å². The van der Waals surface area contributed by atoms with Crippen LogP contribution < -0.4 is 0 Å². The van der Waals surface area contributed by atoms with Crippen molar-refractivity contribution in [3.05, 3.63) is 44.3 Å². The van der Waals surface area contributed by atoms with Crippen LogP contribution in [0.1, 0.15) is 11.1 Å². The fourth-order valence-electron chi connectivity index (χ4n) is 2.01. The number of halogens is 2. The minimum atomic E-state index is 0.816. The van der Waals surface area contributed by atoms with E-state index in [1.165, 1.54) is 23.5 Å². The molecular formula is C14H4Br2N4S2. The highest BCUT2D eigenvalue weighted by atomic mass is 79.9. The maximum Gasteiger partial charge on any atom is 0.121 e. The summed E-state index contributed by atoms with van der Waals surface area (Å²) < 4.78 is 19.1. The third-order valence-electron chi connectivity index (χ3n) is 3.06. The molecule has 0 saturated carbocycles. The van der Waals surface area contributed by atoms with Crippen LogP contribution in [-0.4, -0.2) is 17.5 Å². The fourth-order valence-corrected chi connectivity index (χ4v) is 4.21. The van der Waals surface area contributed by atoms with Gasteiger partial charge in [-0.05, 0) is 56.1 Å². The molecule has 106 valence electrons. The minimum Gasteiger partial charge on any atom is -0.172 e. The summed E-state index contributed by atoms with van der Waals surface area (Å²) in [5, 5.41) is 0. The lowest BCUT2D eigenvalue weighted by molar-refractivity contribution is 1.57. The van der Waals surface area contributed by atoms with Crippen molar-refractivity contribution in [2.24, 2.45) is 0 Å². The summed E-state index contributed by atoms with van der Waals surface area (Å²) in [5.74, 6) is 6.35. The summed E-state index contributed by atoms with van der Waals surface area (Å²) in [7, 11) is 0. The first-order valence-corrected chi connectivity index (χ1v) is 9.12. The lowest BCUT2D eigenvalue weighted by atomic mass is 10.1. The summed E-state index contributed by atoms with van der Waals surface area (Å²) >= 11 is 9.32. The van der Waals surface area contributed by atoms with Crippen LogP contribution >= 0.6 is 55.3 Å². The lowest BCUT2D eigenvalue weighted by Crippen LogP contribution is -1.83. The van der Waals surface area contributed by atoms with Crippen molar-refractivity contribution in [2.75, 3.05) is 0 Å². The second kappa shape index (κ2) is 5.66. The van der Waals surface area contributed by atoms with E-state index in [0.29, 0.717) is 0 Å². The maximum atomic E-state index is 4.32. The summed E-state index contributed by atoms with van der Waals surface area (Å²) in [5.41, 5.74) is 5.02. The van der Waals surface area contributed by atoms with Crippen molar-refractivity contribution >= 4 is 77.4 Å². The summed E-state index contributed by atoms with van der Waals surface area (Å²) in [6, 6.07) is 7.76. The molecule has 4 nitrogen and oxygen atoms in total. The van der Waals surface area contributed by atoms with Crippen molar-refractivity contribution in [3.63, 3.8) is 0 Å². The summed E-state index contributed by atoms with van der Waals surface area (Å²) in [6.07, 6.45) is 0.